The van der Waals surface area contributed by atoms with Crippen molar-refractivity contribution in [3.63, 3.8) is 0 Å². The molecular weight excluding hydrogens is 368 g/mol. The van der Waals surface area contributed by atoms with Crippen LogP contribution in [0.1, 0.15) is 38.1 Å². The van der Waals surface area contributed by atoms with Crippen molar-refractivity contribution in [1.29, 1.82) is 0 Å². The van der Waals surface area contributed by atoms with E-state index in [0.717, 1.165) is 19.6 Å². The molecule has 2 rings (SSSR count). The lowest BCUT2D eigenvalue weighted by molar-refractivity contribution is -0.904. The quantitative estimate of drug-likeness (QED) is 0.471. The molecule has 0 aliphatic heterocycles. The average Bonchev–Trinajstić information content (AvgIpc) is 2.53. The van der Waals surface area contributed by atoms with E-state index in [1.807, 2.05) is 0 Å². The average molecular weight is 397 g/mol. The van der Waals surface area contributed by atoms with Crippen LogP contribution in [0.5, 0.6) is 5.75 Å². The number of rotatable bonds is 8. The molecule has 0 aliphatic rings. The number of benzene rings is 1. The number of fused-ring (bicyclic) bond motifs is 1. The van der Waals surface area contributed by atoms with Crippen LogP contribution in [-0.4, -0.2) is 37.2 Å². The molecule has 1 amide bonds. The van der Waals surface area contributed by atoms with Gasteiger partial charge in [0.25, 0.3) is 5.91 Å². The highest BCUT2D eigenvalue weighted by atomic mass is 35.5. The van der Waals surface area contributed by atoms with Gasteiger partial charge < -0.3 is 32.1 Å². The lowest BCUT2D eigenvalue weighted by atomic mass is 10.1. The lowest BCUT2D eigenvalue weighted by Gasteiger charge is -2.23. The van der Waals surface area contributed by atoms with Crippen LogP contribution in [-0.2, 0) is 0 Å². The Morgan fingerprint density at radius 3 is 2.33 bits per heavy atom. The van der Waals surface area contributed by atoms with Crippen molar-refractivity contribution in [3.05, 3.63) is 40.2 Å². The van der Waals surface area contributed by atoms with E-state index >= 15 is 0 Å². The molecule has 2 aromatic rings. The van der Waals surface area contributed by atoms with E-state index in [4.69, 9.17) is 4.42 Å². The topological polar surface area (TPSA) is 84.0 Å². The summed E-state index contributed by atoms with van der Waals surface area (Å²) in [5.74, 6) is 0.199. The van der Waals surface area contributed by atoms with Gasteiger partial charge in [0.05, 0.1) is 31.6 Å². The van der Waals surface area contributed by atoms with E-state index in [0.29, 0.717) is 23.8 Å². The first kappa shape index (κ1) is 23.0. The summed E-state index contributed by atoms with van der Waals surface area (Å²) in [6.45, 7) is 12.0. The van der Waals surface area contributed by atoms with Gasteiger partial charge in [0, 0.05) is 11.8 Å². The van der Waals surface area contributed by atoms with Crippen LogP contribution in [0.2, 0.25) is 0 Å². The zero-order valence-electron chi connectivity index (χ0n) is 16.3. The van der Waals surface area contributed by atoms with Gasteiger partial charge in [0.1, 0.15) is 11.3 Å². The van der Waals surface area contributed by atoms with E-state index in [1.165, 1.54) is 4.90 Å². The van der Waals surface area contributed by atoms with Crippen molar-refractivity contribution in [1.82, 2.24) is 5.32 Å². The van der Waals surface area contributed by atoms with Crippen LogP contribution in [0, 0.1) is 11.8 Å². The van der Waals surface area contributed by atoms with Crippen molar-refractivity contribution in [2.45, 2.75) is 27.7 Å². The van der Waals surface area contributed by atoms with Crippen molar-refractivity contribution in [3.8, 4) is 5.75 Å². The number of nitrogens with one attached hydrogen (secondary N) is 2. The molecule has 6 nitrogen and oxygen atoms in total. The maximum Gasteiger partial charge on any atom is 0.353 e. The molecule has 27 heavy (non-hydrogen) atoms. The minimum Gasteiger partial charge on any atom is -1.00 e. The Kier molecular flexibility index (Phi) is 8.79. The summed E-state index contributed by atoms with van der Waals surface area (Å²) >= 11 is 0. The third-order valence-corrected chi connectivity index (χ3v) is 4.17. The number of hydrogen-bond donors (Lipinski definition) is 3. The number of amides is 1. The van der Waals surface area contributed by atoms with Gasteiger partial charge in [-0.3, -0.25) is 4.79 Å². The Morgan fingerprint density at radius 1 is 1.15 bits per heavy atom. The third kappa shape index (κ3) is 6.26. The molecular formula is C20H29ClN2O4. The highest BCUT2D eigenvalue weighted by molar-refractivity contribution is 6.01. The zero-order valence-corrected chi connectivity index (χ0v) is 17.1. The van der Waals surface area contributed by atoms with E-state index in [2.05, 4.69) is 33.0 Å². The molecule has 0 unspecified atom stereocenters. The number of quaternary nitrogens is 1. The smallest absolute Gasteiger partial charge is 0.353 e. The summed E-state index contributed by atoms with van der Waals surface area (Å²) < 4.78 is 5.15. The number of para-hydroxylation sites is 1. The summed E-state index contributed by atoms with van der Waals surface area (Å²) in [4.78, 5) is 25.9. The van der Waals surface area contributed by atoms with Crippen LogP contribution in [0.4, 0.5) is 0 Å². The summed E-state index contributed by atoms with van der Waals surface area (Å²) in [5.41, 5.74) is -0.902. The molecule has 0 bridgehead atoms. The first-order chi connectivity index (χ1) is 12.3. The SMILES string of the molecule is CC(C)C[NH+](CCNC(=O)c1c(O)c2ccccc2oc1=O)CC(C)C.[Cl-]. The summed E-state index contributed by atoms with van der Waals surface area (Å²) in [5, 5.41) is 13.4. The number of carbonyl (C=O) groups excluding carboxylic acids is 1. The molecule has 0 saturated carbocycles. The predicted molar refractivity (Wildman–Crippen MR) is 102 cm³/mol. The van der Waals surface area contributed by atoms with Crippen LogP contribution < -0.4 is 28.2 Å². The summed E-state index contributed by atoms with van der Waals surface area (Å²) in [7, 11) is 0. The van der Waals surface area contributed by atoms with Gasteiger partial charge in [-0.05, 0) is 12.1 Å². The number of halogens is 1. The summed E-state index contributed by atoms with van der Waals surface area (Å²) in [6, 6.07) is 6.60. The van der Waals surface area contributed by atoms with E-state index in [9.17, 15) is 14.7 Å². The van der Waals surface area contributed by atoms with Crippen molar-refractivity contribution >= 4 is 16.9 Å². The molecule has 0 saturated heterocycles. The molecule has 0 aliphatic carbocycles. The fraction of sp³-hybridized carbons (Fsp3) is 0.500. The van der Waals surface area contributed by atoms with E-state index in [1.54, 1.807) is 24.3 Å². The Hall–Kier alpha value is -2.05. The Labute approximate surface area is 166 Å². The second kappa shape index (κ2) is 10.3. The van der Waals surface area contributed by atoms with E-state index < -0.39 is 11.5 Å². The fourth-order valence-electron chi connectivity index (χ4n) is 3.22. The van der Waals surface area contributed by atoms with Crippen molar-refractivity contribution in [2.75, 3.05) is 26.2 Å². The van der Waals surface area contributed by atoms with Gasteiger partial charge >= 0.3 is 5.63 Å². The standard InChI is InChI=1S/C20H28N2O4.ClH/c1-13(2)11-22(12-14(3)4)10-9-21-19(24)17-18(23)15-7-5-6-8-16(15)26-20(17)25;/h5-8,13-14,23H,9-12H2,1-4H3,(H,21,24);1H. The van der Waals surface area contributed by atoms with Crippen LogP contribution in [0.3, 0.4) is 0 Å². The van der Waals surface area contributed by atoms with Crippen LogP contribution in [0.25, 0.3) is 11.0 Å². The Bertz CT molecular complexity index is 807. The second-order valence-corrected chi connectivity index (χ2v) is 7.56. The zero-order chi connectivity index (χ0) is 19.3. The molecule has 3 N–H and O–H groups in total. The first-order valence-corrected chi connectivity index (χ1v) is 9.16. The maximum absolute atomic E-state index is 12.4. The number of aromatic hydroxyl groups is 1. The van der Waals surface area contributed by atoms with E-state index in [-0.39, 0.29) is 29.3 Å². The van der Waals surface area contributed by atoms with Gasteiger partial charge in [-0.15, -0.1) is 0 Å². The highest BCUT2D eigenvalue weighted by Gasteiger charge is 2.21. The van der Waals surface area contributed by atoms with Gasteiger partial charge in [-0.1, -0.05) is 39.8 Å². The van der Waals surface area contributed by atoms with Crippen LogP contribution >= 0.6 is 0 Å². The lowest BCUT2D eigenvalue weighted by Crippen LogP contribution is -3.13. The molecule has 150 valence electrons. The largest absolute Gasteiger partial charge is 1.00 e. The number of hydrogen-bond acceptors (Lipinski definition) is 4. The molecule has 0 fully saturated rings. The Balaban J connectivity index is 0.00000364. The molecule has 1 heterocycles. The monoisotopic (exact) mass is 396 g/mol. The predicted octanol–water partition coefficient (Wildman–Crippen LogP) is -1.57. The molecule has 0 radical (unpaired) electrons. The minimum absolute atomic E-state index is 0. The minimum atomic E-state index is -0.827. The molecule has 1 aromatic carbocycles. The molecule has 0 spiro atoms. The third-order valence-electron chi connectivity index (χ3n) is 4.17. The fourth-order valence-corrected chi connectivity index (χ4v) is 3.22. The van der Waals surface area contributed by atoms with Gasteiger partial charge in [0.2, 0.25) is 0 Å². The second-order valence-electron chi connectivity index (χ2n) is 7.56. The first-order valence-electron chi connectivity index (χ1n) is 9.16. The highest BCUT2D eigenvalue weighted by Crippen LogP contribution is 2.25. The van der Waals surface area contributed by atoms with Crippen LogP contribution in [0.15, 0.2) is 33.5 Å². The van der Waals surface area contributed by atoms with Gasteiger partial charge in [-0.25, -0.2) is 4.79 Å². The Morgan fingerprint density at radius 2 is 1.74 bits per heavy atom. The molecule has 1 aromatic heterocycles. The van der Waals surface area contributed by atoms with Gasteiger partial charge in [-0.2, -0.15) is 0 Å². The molecule has 0 atom stereocenters. The normalized spacial score (nSPS) is 11.2. The van der Waals surface area contributed by atoms with Crippen molar-refractivity contribution < 1.29 is 31.6 Å². The maximum atomic E-state index is 12.4. The summed E-state index contributed by atoms with van der Waals surface area (Å²) in [6.07, 6.45) is 0. The van der Waals surface area contributed by atoms with Crippen molar-refractivity contribution in [2.24, 2.45) is 11.8 Å². The number of carbonyl (C=O) groups is 1. The van der Waals surface area contributed by atoms with Gasteiger partial charge in [0.15, 0.2) is 5.56 Å². The molecule has 7 heteroatoms.